The van der Waals surface area contributed by atoms with Crippen molar-refractivity contribution in [2.24, 2.45) is 0 Å². The molecule has 1 aliphatic rings. The van der Waals surface area contributed by atoms with E-state index >= 15 is 0 Å². The zero-order valence-corrected chi connectivity index (χ0v) is 14.0. The summed E-state index contributed by atoms with van der Waals surface area (Å²) in [6.45, 7) is 0.597. The fraction of sp³-hybridized carbons (Fsp3) is 0.294. The highest BCUT2D eigenvalue weighted by Gasteiger charge is 2.41. The molecule has 8 nitrogen and oxygen atoms in total. The van der Waals surface area contributed by atoms with Crippen LogP contribution in [0.5, 0.6) is 0 Å². The molecule has 1 aromatic carbocycles. The van der Waals surface area contributed by atoms with Gasteiger partial charge in [-0.15, -0.1) is 0 Å². The van der Waals surface area contributed by atoms with E-state index in [1.807, 2.05) is 30.3 Å². The topological polar surface area (TPSA) is 87.5 Å². The zero-order chi connectivity index (χ0) is 18.0. The molecule has 1 atom stereocenters. The lowest BCUT2D eigenvalue weighted by atomic mass is 10.2. The highest BCUT2D eigenvalue weighted by molar-refractivity contribution is 6.06. The van der Waals surface area contributed by atoms with Crippen molar-refractivity contribution in [3.05, 3.63) is 48.3 Å². The van der Waals surface area contributed by atoms with Gasteiger partial charge < -0.3 is 10.2 Å². The van der Waals surface area contributed by atoms with E-state index in [4.69, 9.17) is 0 Å². The van der Waals surface area contributed by atoms with Gasteiger partial charge in [0.1, 0.15) is 6.04 Å². The maximum Gasteiger partial charge on any atom is 0.326 e. The van der Waals surface area contributed by atoms with Crippen molar-refractivity contribution >= 4 is 23.5 Å². The Bertz CT molecular complexity index is 802. The molecule has 2 aromatic rings. The number of hydrogen-bond donors (Lipinski definition) is 1. The number of urea groups is 1. The van der Waals surface area contributed by atoms with Crippen molar-refractivity contribution in [1.82, 2.24) is 19.6 Å². The number of rotatable bonds is 5. The van der Waals surface area contributed by atoms with Crippen LogP contribution in [0.4, 0.5) is 10.5 Å². The summed E-state index contributed by atoms with van der Waals surface area (Å²) in [7, 11) is 2.92. The van der Waals surface area contributed by atoms with Gasteiger partial charge in [-0.1, -0.05) is 30.3 Å². The van der Waals surface area contributed by atoms with E-state index in [9.17, 15) is 14.4 Å². The lowest BCUT2D eigenvalue weighted by Gasteiger charge is -2.15. The van der Waals surface area contributed by atoms with E-state index in [1.54, 1.807) is 17.1 Å². The molecule has 1 N–H and O–H groups in total. The van der Waals surface area contributed by atoms with Gasteiger partial charge in [0.15, 0.2) is 0 Å². The minimum atomic E-state index is -0.767. The Labute approximate surface area is 145 Å². The molecule has 1 aliphatic heterocycles. The number of nitrogens with one attached hydrogen (secondary N) is 1. The summed E-state index contributed by atoms with van der Waals surface area (Å²) in [5, 5.41) is 6.93. The van der Waals surface area contributed by atoms with Crippen LogP contribution in [-0.2, 0) is 16.1 Å². The third kappa shape index (κ3) is 3.52. The van der Waals surface area contributed by atoms with Gasteiger partial charge in [-0.25, -0.2) is 4.79 Å². The third-order valence-electron chi connectivity index (χ3n) is 4.15. The number of hydrogen-bond acceptors (Lipinski definition) is 4. The SMILES string of the molecule is CN1C(=O)C(CC(=O)Nc2cnn(Cc3ccccc3)c2)N(C)C1=O. The highest BCUT2D eigenvalue weighted by atomic mass is 16.2. The van der Waals surface area contributed by atoms with Gasteiger partial charge in [0.25, 0.3) is 5.91 Å². The predicted octanol–water partition coefficient (Wildman–Crippen LogP) is 1.15. The van der Waals surface area contributed by atoms with Crippen LogP contribution in [0, 0.1) is 0 Å². The summed E-state index contributed by atoms with van der Waals surface area (Å²) in [6.07, 6.45) is 3.19. The number of carbonyl (C=O) groups excluding carboxylic acids is 3. The predicted molar refractivity (Wildman–Crippen MR) is 90.7 cm³/mol. The van der Waals surface area contributed by atoms with Gasteiger partial charge in [0.2, 0.25) is 5.91 Å². The minimum Gasteiger partial charge on any atom is -0.323 e. The van der Waals surface area contributed by atoms with Crippen molar-refractivity contribution in [3.8, 4) is 0 Å². The van der Waals surface area contributed by atoms with Crippen molar-refractivity contribution in [2.45, 2.75) is 19.0 Å². The molecule has 1 aromatic heterocycles. The molecule has 8 heteroatoms. The van der Waals surface area contributed by atoms with E-state index in [0.29, 0.717) is 12.2 Å². The number of imide groups is 1. The van der Waals surface area contributed by atoms with Crippen LogP contribution >= 0.6 is 0 Å². The Hall–Kier alpha value is -3.16. The Morgan fingerprint density at radius 3 is 2.56 bits per heavy atom. The molecule has 2 heterocycles. The Morgan fingerprint density at radius 2 is 1.92 bits per heavy atom. The van der Waals surface area contributed by atoms with Crippen LogP contribution < -0.4 is 5.32 Å². The lowest BCUT2D eigenvalue weighted by Crippen LogP contribution is -2.35. The van der Waals surface area contributed by atoms with Crippen LogP contribution in [-0.4, -0.2) is 57.6 Å². The summed E-state index contributed by atoms with van der Waals surface area (Å²) in [5.41, 5.74) is 1.65. The largest absolute Gasteiger partial charge is 0.326 e. The molecule has 1 unspecified atom stereocenters. The van der Waals surface area contributed by atoms with Crippen LogP contribution in [0.25, 0.3) is 0 Å². The maximum absolute atomic E-state index is 12.2. The van der Waals surface area contributed by atoms with Gasteiger partial charge in [-0.2, -0.15) is 5.10 Å². The van der Waals surface area contributed by atoms with E-state index < -0.39 is 12.1 Å². The second kappa shape index (κ2) is 6.76. The second-order valence-electron chi connectivity index (χ2n) is 5.97. The van der Waals surface area contributed by atoms with E-state index in [2.05, 4.69) is 10.4 Å². The normalized spacial score (nSPS) is 17.3. The average molecular weight is 341 g/mol. The number of carbonyl (C=O) groups is 3. The molecule has 0 radical (unpaired) electrons. The standard InChI is InChI=1S/C17H19N5O3/c1-20-14(16(24)21(2)17(20)25)8-15(23)19-13-9-18-22(11-13)10-12-6-4-3-5-7-12/h3-7,9,11,14H,8,10H2,1-2H3,(H,19,23). The van der Waals surface area contributed by atoms with Crippen molar-refractivity contribution < 1.29 is 14.4 Å². The van der Waals surface area contributed by atoms with Crippen LogP contribution in [0.1, 0.15) is 12.0 Å². The highest BCUT2D eigenvalue weighted by Crippen LogP contribution is 2.17. The first-order valence-corrected chi connectivity index (χ1v) is 7.86. The number of benzene rings is 1. The summed E-state index contributed by atoms with van der Waals surface area (Å²) < 4.78 is 1.72. The Balaban J connectivity index is 1.59. The number of anilines is 1. The molecule has 0 aliphatic carbocycles. The van der Waals surface area contributed by atoms with E-state index in [-0.39, 0.29) is 18.2 Å². The van der Waals surface area contributed by atoms with Crippen LogP contribution in [0.2, 0.25) is 0 Å². The first-order chi connectivity index (χ1) is 12.0. The monoisotopic (exact) mass is 341 g/mol. The number of likely N-dealkylation sites (N-methyl/N-ethyl adjacent to an activating group) is 2. The van der Waals surface area contributed by atoms with Crippen molar-refractivity contribution in [2.75, 3.05) is 19.4 Å². The number of amides is 4. The van der Waals surface area contributed by atoms with Gasteiger partial charge in [0.05, 0.1) is 24.8 Å². The fourth-order valence-electron chi connectivity index (χ4n) is 2.75. The second-order valence-corrected chi connectivity index (χ2v) is 5.97. The van der Waals surface area contributed by atoms with E-state index in [1.165, 1.54) is 19.0 Å². The average Bonchev–Trinajstić information content (AvgIpc) is 3.10. The molecule has 1 fully saturated rings. The molecule has 0 saturated carbocycles. The Morgan fingerprint density at radius 1 is 1.20 bits per heavy atom. The Kier molecular flexibility index (Phi) is 4.51. The molecular weight excluding hydrogens is 322 g/mol. The van der Waals surface area contributed by atoms with Gasteiger partial charge >= 0.3 is 6.03 Å². The quantitative estimate of drug-likeness (QED) is 0.827. The molecule has 1 saturated heterocycles. The van der Waals surface area contributed by atoms with Crippen molar-refractivity contribution in [3.63, 3.8) is 0 Å². The molecular formula is C17H19N5O3. The third-order valence-corrected chi connectivity index (χ3v) is 4.15. The minimum absolute atomic E-state index is 0.0880. The molecule has 3 rings (SSSR count). The molecule has 130 valence electrons. The summed E-state index contributed by atoms with van der Waals surface area (Å²) >= 11 is 0. The van der Waals surface area contributed by atoms with Gasteiger partial charge in [-0.3, -0.25) is 19.2 Å². The number of aromatic nitrogens is 2. The first-order valence-electron chi connectivity index (χ1n) is 7.86. The molecule has 0 spiro atoms. The molecule has 4 amide bonds. The van der Waals surface area contributed by atoms with Crippen molar-refractivity contribution in [1.29, 1.82) is 0 Å². The summed E-state index contributed by atoms with van der Waals surface area (Å²) in [4.78, 5) is 38.2. The van der Waals surface area contributed by atoms with E-state index in [0.717, 1.165) is 10.5 Å². The summed E-state index contributed by atoms with van der Waals surface area (Å²) in [6, 6.07) is 8.67. The van der Waals surface area contributed by atoms with Gasteiger partial charge in [0, 0.05) is 20.3 Å². The van der Waals surface area contributed by atoms with Crippen LogP contribution in [0.3, 0.4) is 0 Å². The smallest absolute Gasteiger partial charge is 0.323 e. The number of nitrogens with zero attached hydrogens (tertiary/aromatic N) is 4. The molecule has 25 heavy (non-hydrogen) atoms. The zero-order valence-electron chi connectivity index (χ0n) is 14.0. The maximum atomic E-state index is 12.2. The lowest BCUT2D eigenvalue weighted by molar-refractivity contribution is -0.129. The van der Waals surface area contributed by atoms with Crippen LogP contribution in [0.15, 0.2) is 42.7 Å². The fourth-order valence-corrected chi connectivity index (χ4v) is 2.75. The summed E-state index contributed by atoms with van der Waals surface area (Å²) in [5.74, 6) is -0.713. The first kappa shape index (κ1) is 16.7. The molecule has 0 bridgehead atoms. The van der Waals surface area contributed by atoms with Gasteiger partial charge in [-0.05, 0) is 5.56 Å².